The topological polar surface area (TPSA) is 77.3 Å². The van der Waals surface area contributed by atoms with Crippen molar-refractivity contribution < 1.29 is 19.1 Å². The van der Waals surface area contributed by atoms with Gasteiger partial charge in [0.25, 0.3) is 0 Å². The van der Waals surface area contributed by atoms with Crippen molar-refractivity contribution in [1.82, 2.24) is 0 Å². The van der Waals surface area contributed by atoms with E-state index in [1.165, 1.54) is 0 Å². The fraction of sp³-hybridized carbons (Fsp3) is 0.818. The number of azo groups is 1. The van der Waals surface area contributed by atoms with E-state index in [1.54, 1.807) is 20.8 Å². The summed E-state index contributed by atoms with van der Waals surface area (Å²) in [4.78, 5) is 22.3. The number of rotatable bonds is 1. The minimum Gasteiger partial charge on any atom is -0.444 e. The molecule has 0 aromatic rings. The minimum absolute atomic E-state index is 0.0833. The van der Waals surface area contributed by atoms with Gasteiger partial charge in [0.1, 0.15) is 11.7 Å². The Balaban J connectivity index is 2.31. The van der Waals surface area contributed by atoms with Crippen LogP contribution in [0.4, 0.5) is 9.59 Å². The molecule has 2 amide bonds. The molecule has 1 aliphatic carbocycles. The summed E-state index contributed by atoms with van der Waals surface area (Å²) in [6, 6.07) is 0. The summed E-state index contributed by atoms with van der Waals surface area (Å²) in [6.07, 6.45) is 2.02. The first-order valence-corrected chi connectivity index (χ1v) is 5.72. The third-order valence-electron chi connectivity index (χ3n) is 2.18. The zero-order chi connectivity index (χ0) is 12.9. The number of hydrogen-bond donors (Lipinski definition) is 0. The zero-order valence-corrected chi connectivity index (χ0v) is 10.4. The summed E-state index contributed by atoms with van der Waals surface area (Å²) in [7, 11) is 0. The van der Waals surface area contributed by atoms with Crippen molar-refractivity contribution in [2.24, 2.45) is 10.2 Å². The van der Waals surface area contributed by atoms with Crippen LogP contribution >= 0.6 is 0 Å². The molecule has 1 rings (SSSR count). The van der Waals surface area contributed by atoms with Crippen LogP contribution in [0.25, 0.3) is 0 Å². The Hall–Kier alpha value is -1.46. The van der Waals surface area contributed by atoms with E-state index in [0.29, 0.717) is 0 Å². The predicted octanol–water partition coefficient (Wildman–Crippen LogP) is 3.45. The largest absolute Gasteiger partial charge is 0.453 e. The minimum atomic E-state index is -0.888. The summed E-state index contributed by atoms with van der Waals surface area (Å²) in [5, 5.41) is 6.30. The Morgan fingerprint density at radius 3 is 2.12 bits per heavy atom. The predicted molar refractivity (Wildman–Crippen MR) is 59.8 cm³/mol. The molecule has 1 aliphatic rings. The summed E-state index contributed by atoms with van der Waals surface area (Å²) < 4.78 is 9.84. The lowest BCUT2D eigenvalue weighted by Crippen LogP contribution is -2.21. The average molecular weight is 242 g/mol. The van der Waals surface area contributed by atoms with Crippen LogP contribution in [0.1, 0.15) is 46.5 Å². The van der Waals surface area contributed by atoms with Gasteiger partial charge in [-0.05, 0) is 46.5 Å². The van der Waals surface area contributed by atoms with Gasteiger partial charge in [0.15, 0.2) is 0 Å². The molecule has 0 aromatic carbocycles. The smallest absolute Gasteiger partial charge is 0.444 e. The van der Waals surface area contributed by atoms with E-state index in [9.17, 15) is 9.59 Å². The number of hydrogen-bond acceptors (Lipinski definition) is 4. The molecule has 0 aliphatic heterocycles. The molecule has 6 nitrogen and oxygen atoms in total. The molecule has 0 atom stereocenters. The molecular formula is C11H18N2O4. The van der Waals surface area contributed by atoms with Crippen molar-refractivity contribution in [2.75, 3.05) is 0 Å². The molecule has 96 valence electrons. The number of carbonyl (C=O) groups is 2. The van der Waals surface area contributed by atoms with Gasteiger partial charge in [-0.25, -0.2) is 9.59 Å². The summed E-state index contributed by atoms with van der Waals surface area (Å²) in [5.74, 6) is 0. The first-order valence-electron chi connectivity index (χ1n) is 5.72. The molecule has 0 aromatic heterocycles. The highest BCUT2D eigenvalue weighted by Crippen LogP contribution is 2.21. The molecule has 6 heteroatoms. The van der Waals surface area contributed by atoms with Crippen LogP contribution in [-0.2, 0) is 9.47 Å². The van der Waals surface area contributed by atoms with E-state index < -0.39 is 17.8 Å². The lowest BCUT2D eigenvalue weighted by Gasteiger charge is -2.16. The van der Waals surface area contributed by atoms with Crippen molar-refractivity contribution >= 4 is 12.2 Å². The second kappa shape index (κ2) is 5.75. The van der Waals surface area contributed by atoms with Crippen molar-refractivity contribution in [2.45, 2.75) is 58.2 Å². The number of nitrogens with zero attached hydrogens (tertiary/aromatic N) is 2. The van der Waals surface area contributed by atoms with Gasteiger partial charge in [0, 0.05) is 0 Å². The summed E-state index contributed by atoms with van der Waals surface area (Å²) >= 11 is 0. The highest BCUT2D eigenvalue weighted by molar-refractivity contribution is 5.73. The van der Waals surface area contributed by atoms with E-state index in [0.717, 1.165) is 25.7 Å². The molecule has 1 saturated carbocycles. The van der Waals surface area contributed by atoms with E-state index >= 15 is 0 Å². The SMILES string of the molecule is CC(C)(C)OC(=O)N=NC(=O)OC1CCCC1. The van der Waals surface area contributed by atoms with Gasteiger partial charge in [0.05, 0.1) is 0 Å². The standard InChI is InChI=1S/C11H18N2O4/c1-11(2,3)17-10(15)13-12-9(14)16-8-6-4-5-7-8/h8H,4-7H2,1-3H3. The number of ether oxygens (including phenoxy) is 2. The fourth-order valence-electron chi connectivity index (χ4n) is 1.54. The van der Waals surface area contributed by atoms with Gasteiger partial charge in [0.2, 0.25) is 0 Å². The van der Waals surface area contributed by atoms with Crippen molar-refractivity contribution in [1.29, 1.82) is 0 Å². The van der Waals surface area contributed by atoms with E-state index in [2.05, 4.69) is 10.2 Å². The lowest BCUT2D eigenvalue weighted by atomic mass is 10.2. The molecule has 0 radical (unpaired) electrons. The molecule has 1 fully saturated rings. The second-order valence-electron chi connectivity index (χ2n) is 4.97. The van der Waals surface area contributed by atoms with Gasteiger partial charge in [-0.3, -0.25) is 0 Å². The van der Waals surface area contributed by atoms with Crippen molar-refractivity contribution in [3.05, 3.63) is 0 Å². The van der Waals surface area contributed by atoms with Gasteiger partial charge in [-0.15, -0.1) is 0 Å². The van der Waals surface area contributed by atoms with Crippen LogP contribution in [0, 0.1) is 0 Å². The van der Waals surface area contributed by atoms with E-state index in [1.807, 2.05) is 0 Å². The van der Waals surface area contributed by atoms with Crippen LogP contribution in [0.3, 0.4) is 0 Å². The van der Waals surface area contributed by atoms with Crippen LogP contribution < -0.4 is 0 Å². The third kappa shape index (κ3) is 5.99. The Labute approximate surface area is 100 Å². The molecule has 17 heavy (non-hydrogen) atoms. The lowest BCUT2D eigenvalue weighted by molar-refractivity contribution is 0.0580. The van der Waals surface area contributed by atoms with E-state index in [4.69, 9.17) is 9.47 Å². The van der Waals surface area contributed by atoms with Crippen molar-refractivity contribution in [3.8, 4) is 0 Å². The van der Waals surface area contributed by atoms with Crippen molar-refractivity contribution in [3.63, 3.8) is 0 Å². The third-order valence-corrected chi connectivity index (χ3v) is 2.18. The second-order valence-corrected chi connectivity index (χ2v) is 4.97. The molecular weight excluding hydrogens is 224 g/mol. The van der Waals surface area contributed by atoms with Crippen LogP contribution in [-0.4, -0.2) is 23.9 Å². The van der Waals surface area contributed by atoms with Gasteiger partial charge in [-0.2, -0.15) is 0 Å². The molecule has 0 saturated heterocycles. The van der Waals surface area contributed by atoms with Crippen LogP contribution in [0.15, 0.2) is 10.2 Å². The van der Waals surface area contributed by atoms with Crippen LogP contribution in [0.5, 0.6) is 0 Å². The normalized spacial score (nSPS) is 17.4. The maximum absolute atomic E-state index is 11.2. The first-order chi connectivity index (χ1) is 7.87. The number of carbonyl (C=O) groups excluding carboxylic acids is 2. The molecule has 0 unspecified atom stereocenters. The highest BCUT2D eigenvalue weighted by atomic mass is 16.6. The zero-order valence-electron chi connectivity index (χ0n) is 10.4. The quantitative estimate of drug-likeness (QED) is 0.660. The van der Waals surface area contributed by atoms with Crippen LogP contribution in [0.2, 0.25) is 0 Å². The van der Waals surface area contributed by atoms with Gasteiger partial charge in [-0.1, -0.05) is 10.2 Å². The summed E-state index contributed by atoms with van der Waals surface area (Å²) in [5.41, 5.74) is -0.647. The molecule has 0 heterocycles. The summed E-state index contributed by atoms with van der Waals surface area (Å²) in [6.45, 7) is 5.12. The number of amides is 2. The van der Waals surface area contributed by atoms with E-state index in [-0.39, 0.29) is 6.10 Å². The molecule has 0 N–H and O–H groups in total. The Morgan fingerprint density at radius 1 is 1.06 bits per heavy atom. The maximum atomic E-state index is 11.2. The van der Waals surface area contributed by atoms with Gasteiger partial charge < -0.3 is 9.47 Å². The Kier molecular flexibility index (Phi) is 4.60. The maximum Gasteiger partial charge on any atom is 0.453 e. The monoisotopic (exact) mass is 242 g/mol. The average Bonchev–Trinajstić information content (AvgIpc) is 2.64. The first kappa shape index (κ1) is 13.6. The Bertz CT molecular complexity index is 314. The molecule has 0 bridgehead atoms. The highest BCUT2D eigenvalue weighted by Gasteiger charge is 2.20. The van der Waals surface area contributed by atoms with Gasteiger partial charge >= 0.3 is 12.2 Å². The fourth-order valence-corrected chi connectivity index (χ4v) is 1.54. The molecule has 0 spiro atoms. The Morgan fingerprint density at radius 2 is 1.59 bits per heavy atom.